The first-order valence-electron chi connectivity index (χ1n) is 9.36. The second-order valence-electron chi connectivity index (χ2n) is 7.28. The van der Waals surface area contributed by atoms with E-state index in [9.17, 15) is 14.4 Å². The maximum absolute atomic E-state index is 13.0. The molecule has 0 radical (unpaired) electrons. The Kier molecular flexibility index (Phi) is 4.09. The molecule has 0 bridgehead atoms. The summed E-state index contributed by atoms with van der Waals surface area (Å²) in [6.45, 7) is 0.351. The van der Waals surface area contributed by atoms with Crippen molar-refractivity contribution in [2.75, 3.05) is 0 Å². The van der Waals surface area contributed by atoms with Crippen molar-refractivity contribution in [2.24, 2.45) is 7.05 Å². The summed E-state index contributed by atoms with van der Waals surface area (Å²) in [5.74, 6) is -0.837. The van der Waals surface area contributed by atoms with Crippen LogP contribution in [0.4, 0.5) is 0 Å². The van der Waals surface area contributed by atoms with Crippen LogP contribution in [0.5, 0.6) is 0 Å². The largest absolute Gasteiger partial charge is 0.333 e. The van der Waals surface area contributed by atoms with Crippen molar-refractivity contribution in [3.63, 3.8) is 0 Å². The van der Waals surface area contributed by atoms with Gasteiger partial charge in [0.15, 0.2) is 0 Å². The molecule has 2 aliphatic heterocycles. The molecular formula is C21H18N4O3S. The Labute approximate surface area is 171 Å². The number of nitrogens with one attached hydrogen (secondary N) is 1. The first-order chi connectivity index (χ1) is 14.0. The van der Waals surface area contributed by atoms with Crippen molar-refractivity contribution in [3.05, 3.63) is 53.2 Å². The molecule has 146 valence electrons. The van der Waals surface area contributed by atoms with Gasteiger partial charge in [0.05, 0.1) is 22.5 Å². The predicted molar refractivity (Wildman–Crippen MR) is 108 cm³/mol. The molecule has 2 aliphatic rings. The number of imidazole rings is 1. The molecule has 3 amide bonds. The number of carbonyl (C=O) groups excluding carboxylic acids is 3. The smallest absolute Gasteiger partial charge is 0.256 e. The summed E-state index contributed by atoms with van der Waals surface area (Å²) in [5.41, 5.74) is 4.40. The van der Waals surface area contributed by atoms with E-state index >= 15 is 0 Å². The van der Waals surface area contributed by atoms with E-state index in [1.807, 2.05) is 47.3 Å². The lowest BCUT2D eigenvalue weighted by atomic mass is 10.0. The van der Waals surface area contributed by atoms with Gasteiger partial charge in [-0.1, -0.05) is 30.3 Å². The van der Waals surface area contributed by atoms with E-state index in [0.717, 1.165) is 27.4 Å². The number of carbonyl (C=O) groups is 3. The Bertz CT molecular complexity index is 1150. The molecular weight excluding hydrogens is 388 g/mol. The molecule has 0 saturated carbocycles. The Morgan fingerprint density at radius 3 is 2.72 bits per heavy atom. The van der Waals surface area contributed by atoms with Gasteiger partial charge in [-0.15, -0.1) is 11.3 Å². The summed E-state index contributed by atoms with van der Waals surface area (Å²) in [7, 11) is 1.95. The number of thiophene rings is 1. The van der Waals surface area contributed by atoms with Crippen LogP contribution in [0, 0.1) is 0 Å². The lowest BCUT2D eigenvalue weighted by Crippen LogP contribution is -2.52. The summed E-state index contributed by atoms with van der Waals surface area (Å²) in [6.07, 6.45) is 2.38. The number of piperidine rings is 1. The minimum Gasteiger partial charge on any atom is -0.333 e. The molecule has 1 saturated heterocycles. The van der Waals surface area contributed by atoms with Crippen LogP contribution in [0.2, 0.25) is 0 Å². The molecule has 0 aliphatic carbocycles. The van der Waals surface area contributed by atoms with Crippen molar-refractivity contribution < 1.29 is 14.4 Å². The molecule has 1 unspecified atom stereocenters. The summed E-state index contributed by atoms with van der Waals surface area (Å²) in [5, 5.41) is 4.19. The van der Waals surface area contributed by atoms with Crippen LogP contribution in [0.3, 0.4) is 0 Å². The second-order valence-corrected chi connectivity index (χ2v) is 8.16. The normalized spacial score (nSPS) is 18.9. The van der Waals surface area contributed by atoms with E-state index in [4.69, 9.17) is 0 Å². The van der Waals surface area contributed by atoms with Crippen LogP contribution in [-0.2, 0) is 23.2 Å². The molecule has 2 aromatic heterocycles. The van der Waals surface area contributed by atoms with Gasteiger partial charge in [0, 0.05) is 36.5 Å². The highest BCUT2D eigenvalue weighted by atomic mass is 32.1. The topological polar surface area (TPSA) is 84.3 Å². The van der Waals surface area contributed by atoms with Gasteiger partial charge in [-0.3, -0.25) is 19.7 Å². The Hall–Kier alpha value is -3.26. The Balaban J connectivity index is 1.53. The summed E-state index contributed by atoms with van der Waals surface area (Å²) in [4.78, 5) is 43.8. The monoisotopic (exact) mass is 406 g/mol. The van der Waals surface area contributed by atoms with Crippen LogP contribution in [0.15, 0.2) is 42.0 Å². The SMILES string of the molecule is Cn1cnc(-c2scc3c2CN(C2CCC(=O)NC2=O)C3=O)c1-c1ccccc1. The number of hydrogen-bond donors (Lipinski definition) is 1. The van der Waals surface area contributed by atoms with Gasteiger partial charge in [0.1, 0.15) is 11.7 Å². The first-order valence-corrected chi connectivity index (χ1v) is 10.2. The highest BCUT2D eigenvalue weighted by Crippen LogP contribution is 2.42. The zero-order chi connectivity index (χ0) is 20.1. The highest BCUT2D eigenvalue weighted by molar-refractivity contribution is 7.14. The molecule has 3 aromatic rings. The summed E-state index contributed by atoms with van der Waals surface area (Å²) < 4.78 is 1.98. The van der Waals surface area contributed by atoms with E-state index in [0.29, 0.717) is 18.5 Å². The number of nitrogens with zero attached hydrogens (tertiary/aromatic N) is 3. The maximum atomic E-state index is 13.0. The number of aryl methyl sites for hydroxylation is 1. The van der Waals surface area contributed by atoms with E-state index in [1.54, 1.807) is 11.2 Å². The average Bonchev–Trinajstić information content (AvgIpc) is 3.38. The quantitative estimate of drug-likeness (QED) is 0.678. The zero-order valence-corrected chi connectivity index (χ0v) is 16.5. The number of rotatable bonds is 3. The standard InChI is InChI=1S/C21H18N4O3S/c1-24-11-22-17(18(24)12-5-3-2-4-6-12)19-13-9-25(21(28)14(13)10-29-19)15-7-8-16(26)23-20(15)27/h2-6,10-11,15H,7-9H2,1H3,(H,23,26,27). The highest BCUT2D eigenvalue weighted by Gasteiger charge is 2.41. The van der Waals surface area contributed by atoms with Crippen LogP contribution >= 0.6 is 11.3 Å². The minimum absolute atomic E-state index is 0.158. The molecule has 8 heteroatoms. The molecule has 4 heterocycles. The van der Waals surface area contributed by atoms with E-state index in [1.165, 1.54) is 11.3 Å². The number of hydrogen-bond acceptors (Lipinski definition) is 5. The predicted octanol–water partition coefficient (Wildman–Crippen LogP) is 2.58. The first kappa shape index (κ1) is 17.8. The van der Waals surface area contributed by atoms with Crippen molar-refractivity contribution in [3.8, 4) is 21.8 Å². The van der Waals surface area contributed by atoms with Gasteiger partial charge >= 0.3 is 0 Å². The van der Waals surface area contributed by atoms with Gasteiger partial charge in [-0.25, -0.2) is 4.98 Å². The van der Waals surface area contributed by atoms with E-state index in [-0.39, 0.29) is 18.2 Å². The molecule has 7 nitrogen and oxygen atoms in total. The third kappa shape index (κ3) is 2.79. The number of fused-ring (bicyclic) bond motifs is 1. The number of imide groups is 1. The van der Waals surface area contributed by atoms with Crippen molar-refractivity contribution in [1.82, 2.24) is 19.8 Å². The molecule has 1 N–H and O–H groups in total. The number of aromatic nitrogens is 2. The molecule has 1 atom stereocenters. The Morgan fingerprint density at radius 2 is 1.97 bits per heavy atom. The number of benzene rings is 1. The van der Waals surface area contributed by atoms with Crippen LogP contribution in [0.25, 0.3) is 21.8 Å². The molecule has 1 fully saturated rings. The van der Waals surface area contributed by atoms with E-state index < -0.39 is 11.9 Å². The molecule has 1 aromatic carbocycles. The van der Waals surface area contributed by atoms with Gasteiger partial charge in [-0.05, 0) is 6.42 Å². The maximum Gasteiger partial charge on any atom is 0.256 e. The fourth-order valence-corrected chi connectivity index (χ4v) is 5.14. The van der Waals surface area contributed by atoms with Crippen molar-refractivity contribution in [2.45, 2.75) is 25.4 Å². The van der Waals surface area contributed by atoms with Crippen LogP contribution < -0.4 is 5.32 Å². The minimum atomic E-state index is -0.609. The fraction of sp³-hybridized carbons (Fsp3) is 0.238. The lowest BCUT2D eigenvalue weighted by molar-refractivity contribution is -0.136. The zero-order valence-electron chi connectivity index (χ0n) is 15.7. The third-order valence-corrected chi connectivity index (χ3v) is 6.53. The number of amides is 3. The van der Waals surface area contributed by atoms with Crippen molar-refractivity contribution >= 4 is 29.1 Å². The van der Waals surface area contributed by atoms with E-state index in [2.05, 4.69) is 10.3 Å². The molecule has 5 rings (SSSR count). The van der Waals surface area contributed by atoms with Gasteiger partial charge < -0.3 is 9.47 Å². The molecule has 29 heavy (non-hydrogen) atoms. The average molecular weight is 406 g/mol. The second kappa shape index (κ2) is 6.66. The van der Waals surface area contributed by atoms with Gasteiger partial charge in [0.25, 0.3) is 5.91 Å². The van der Waals surface area contributed by atoms with Crippen molar-refractivity contribution in [1.29, 1.82) is 0 Å². The van der Waals surface area contributed by atoms with Crippen LogP contribution in [0.1, 0.15) is 28.8 Å². The van der Waals surface area contributed by atoms with Gasteiger partial charge in [0.2, 0.25) is 11.8 Å². The van der Waals surface area contributed by atoms with Crippen LogP contribution in [-0.4, -0.2) is 38.2 Å². The summed E-state index contributed by atoms with van der Waals surface area (Å²) in [6, 6.07) is 9.41. The third-order valence-electron chi connectivity index (χ3n) is 5.50. The Morgan fingerprint density at radius 1 is 1.17 bits per heavy atom. The fourth-order valence-electron chi connectivity index (χ4n) is 4.08. The lowest BCUT2D eigenvalue weighted by Gasteiger charge is -2.29. The van der Waals surface area contributed by atoms with Gasteiger partial charge in [-0.2, -0.15) is 0 Å². The molecule has 0 spiro atoms. The summed E-state index contributed by atoms with van der Waals surface area (Å²) >= 11 is 1.50.